The Morgan fingerprint density at radius 3 is 2.71 bits per heavy atom. The molecule has 0 fully saturated rings. The highest BCUT2D eigenvalue weighted by molar-refractivity contribution is 9.10. The van der Waals surface area contributed by atoms with Crippen molar-refractivity contribution in [2.75, 3.05) is 6.61 Å². The van der Waals surface area contributed by atoms with Crippen LogP contribution in [0, 0.1) is 6.92 Å². The molecule has 3 heteroatoms. The number of aliphatic hydroxyl groups is 2. The fourth-order valence-electron chi connectivity index (χ4n) is 1.29. The highest BCUT2D eigenvalue weighted by Gasteiger charge is 2.03. The van der Waals surface area contributed by atoms with Gasteiger partial charge < -0.3 is 10.2 Å². The van der Waals surface area contributed by atoms with Crippen LogP contribution in [-0.4, -0.2) is 22.9 Å². The van der Waals surface area contributed by atoms with Crippen LogP contribution in [0.3, 0.4) is 0 Å². The maximum absolute atomic E-state index is 9.18. The van der Waals surface area contributed by atoms with E-state index in [4.69, 9.17) is 5.11 Å². The molecule has 0 aromatic heterocycles. The van der Waals surface area contributed by atoms with Crippen molar-refractivity contribution in [1.29, 1.82) is 0 Å². The molecule has 1 aromatic rings. The molecule has 2 nitrogen and oxygen atoms in total. The zero-order chi connectivity index (χ0) is 10.6. The van der Waals surface area contributed by atoms with Crippen molar-refractivity contribution >= 4 is 15.9 Å². The molecule has 0 saturated carbocycles. The lowest BCUT2D eigenvalue weighted by molar-refractivity contribution is 0.0886. The molecule has 1 rings (SSSR count). The molecule has 1 atom stereocenters. The summed E-state index contributed by atoms with van der Waals surface area (Å²) in [4.78, 5) is 0. The van der Waals surface area contributed by atoms with Crippen LogP contribution in [0.2, 0.25) is 0 Å². The Bertz CT molecular complexity index is 299. The highest BCUT2D eigenvalue weighted by Crippen LogP contribution is 2.18. The first-order valence-electron chi connectivity index (χ1n) is 4.67. The van der Waals surface area contributed by atoms with Crippen LogP contribution < -0.4 is 0 Å². The molecule has 78 valence electrons. The van der Waals surface area contributed by atoms with Crippen LogP contribution >= 0.6 is 15.9 Å². The number of hydrogen-bond acceptors (Lipinski definition) is 2. The van der Waals surface area contributed by atoms with Gasteiger partial charge in [0, 0.05) is 4.47 Å². The largest absolute Gasteiger partial charge is 0.394 e. The first-order chi connectivity index (χ1) is 6.63. The summed E-state index contributed by atoms with van der Waals surface area (Å²) in [7, 11) is 0. The lowest BCUT2D eigenvalue weighted by Gasteiger charge is -2.07. The molecule has 14 heavy (non-hydrogen) atoms. The van der Waals surface area contributed by atoms with E-state index in [1.54, 1.807) is 0 Å². The highest BCUT2D eigenvalue weighted by atomic mass is 79.9. The lowest BCUT2D eigenvalue weighted by Crippen LogP contribution is -2.12. The van der Waals surface area contributed by atoms with Crippen molar-refractivity contribution in [2.24, 2.45) is 0 Å². The van der Waals surface area contributed by atoms with Crippen LogP contribution in [0.25, 0.3) is 0 Å². The summed E-state index contributed by atoms with van der Waals surface area (Å²) in [6.07, 6.45) is 0.812. The van der Waals surface area contributed by atoms with Crippen LogP contribution in [0.5, 0.6) is 0 Å². The SMILES string of the molecule is Cc1cc(CCC(O)CO)ccc1Br. The van der Waals surface area contributed by atoms with E-state index < -0.39 is 6.10 Å². The van der Waals surface area contributed by atoms with Crippen molar-refractivity contribution in [1.82, 2.24) is 0 Å². The van der Waals surface area contributed by atoms with Gasteiger partial charge in [-0.1, -0.05) is 28.1 Å². The van der Waals surface area contributed by atoms with Crippen LogP contribution in [0.4, 0.5) is 0 Å². The van der Waals surface area contributed by atoms with Crippen molar-refractivity contribution in [2.45, 2.75) is 25.9 Å². The van der Waals surface area contributed by atoms with Gasteiger partial charge in [-0.15, -0.1) is 0 Å². The zero-order valence-electron chi connectivity index (χ0n) is 8.20. The third-order valence-corrected chi connectivity index (χ3v) is 3.09. The Balaban J connectivity index is 2.55. The molecule has 0 aliphatic rings. The second kappa shape index (κ2) is 5.49. The third kappa shape index (κ3) is 3.40. The molecule has 1 aromatic carbocycles. The van der Waals surface area contributed by atoms with Gasteiger partial charge in [-0.2, -0.15) is 0 Å². The molecule has 0 aliphatic carbocycles. The summed E-state index contributed by atoms with van der Waals surface area (Å²) in [6, 6.07) is 6.13. The predicted molar refractivity (Wildman–Crippen MR) is 60.3 cm³/mol. The zero-order valence-corrected chi connectivity index (χ0v) is 9.79. The van der Waals surface area contributed by atoms with E-state index in [0.717, 1.165) is 10.9 Å². The molecular weight excluding hydrogens is 244 g/mol. The summed E-state index contributed by atoms with van der Waals surface area (Å²) in [5.74, 6) is 0. The minimum Gasteiger partial charge on any atom is -0.394 e. The summed E-state index contributed by atoms with van der Waals surface area (Å²) in [5, 5.41) is 17.8. The number of hydrogen-bond donors (Lipinski definition) is 2. The minimum atomic E-state index is -0.598. The molecule has 0 aliphatic heterocycles. The summed E-state index contributed by atoms with van der Waals surface area (Å²) < 4.78 is 1.10. The van der Waals surface area contributed by atoms with Crippen molar-refractivity contribution in [3.8, 4) is 0 Å². The van der Waals surface area contributed by atoms with Crippen LogP contribution in [0.15, 0.2) is 22.7 Å². The second-order valence-corrected chi connectivity index (χ2v) is 4.31. The van der Waals surface area contributed by atoms with E-state index in [2.05, 4.69) is 22.0 Å². The van der Waals surface area contributed by atoms with E-state index in [1.807, 2.05) is 19.1 Å². The Morgan fingerprint density at radius 1 is 1.43 bits per heavy atom. The topological polar surface area (TPSA) is 40.5 Å². The fraction of sp³-hybridized carbons (Fsp3) is 0.455. The summed E-state index contributed by atoms with van der Waals surface area (Å²) >= 11 is 3.43. The van der Waals surface area contributed by atoms with Gasteiger partial charge in [0.05, 0.1) is 12.7 Å². The molecular formula is C11H15BrO2. The van der Waals surface area contributed by atoms with Crippen LogP contribution in [-0.2, 0) is 6.42 Å². The molecule has 1 unspecified atom stereocenters. The van der Waals surface area contributed by atoms with Gasteiger partial charge in [0.1, 0.15) is 0 Å². The van der Waals surface area contributed by atoms with Gasteiger partial charge in [-0.3, -0.25) is 0 Å². The van der Waals surface area contributed by atoms with Gasteiger partial charge in [0.15, 0.2) is 0 Å². The van der Waals surface area contributed by atoms with Gasteiger partial charge in [-0.05, 0) is 37.0 Å². The van der Waals surface area contributed by atoms with E-state index >= 15 is 0 Å². The quantitative estimate of drug-likeness (QED) is 0.868. The number of aryl methyl sites for hydroxylation is 2. The van der Waals surface area contributed by atoms with Crippen molar-refractivity contribution in [3.05, 3.63) is 33.8 Å². The van der Waals surface area contributed by atoms with Gasteiger partial charge >= 0.3 is 0 Å². The minimum absolute atomic E-state index is 0.157. The van der Waals surface area contributed by atoms with Crippen molar-refractivity contribution in [3.63, 3.8) is 0 Å². The van der Waals surface area contributed by atoms with Crippen LogP contribution in [0.1, 0.15) is 17.5 Å². The Hall–Kier alpha value is -0.380. The number of aliphatic hydroxyl groups excluding tert-OH is 2. The molecule has 0 amide bonds. The third-order valence-electron chi connectivity index (χ3n) is 2.20. The predicted octanol–water partition coefficient (Wildman–Crippen LogP) is 2.04. The molecule has 0 heterocycles. The number of halogens is 1. The fourth-order valence-corrected chi connectivity index (χ4v) is 1.53. The smallest absolute Gasteiger partial charge is 0.0774 e. The van der Waals surface area contributed by atoms with Gasteiger partial charge in [-0.25, -0.2) is 0 Å². The van der Waals surface area contributed by atoms with Gasteiger partial charge in [0.25, 0.3) is 0 Å². The Kier molecular flexibility index (Phi) is 4.58. The normalized spacial score (nSPS) is 12.9. The maximum Gasteiger partial charge on any atom is 0.0774 e. The lowest BCUT2D eigenvalue weighted by atomic mass is 10.1. The Labute approximate surface area is 92.7 Å². The van der Waals surface area contributed by atoms with E-state index in [0.29, 0.717) is 6.42 Å². The monoisotopic (exact) mass is 258 g/mol. The van der Waals surface area contributed by atoms with Gasteiger partial charge in [0.2, 0.25) is 0 Å². The molecule has 0 spiro atoms. The second-order valence-electron chi connectivity index (χ2n) is 3.46. The van der Waals surface area contributed by atoms with E-state index in [1.165, 1.54) is 11.1 Å². The summed E-state index contributed by atoms with van der Waals surface area (Å²) in [6.45, 7) is 1.88. The van der Waals surface area contributed by atoms with E-state index in [9.17, 15) is 5.11 Å². The Morgan fingerprint density at radius 2 is 2.14 bits per heavy atom. The number of benzene rings is 1. The summed E-state index contributed by atoms with van der Waals surface area (Å²) in [5.41, 5.74) is 2.39. The average molecular weight is 259 g/mol. The molecule has 2 N–H and O–H groups in total. The molecule has 0 radical (unpaired) electrons. The van der Waals surface area contributed by atoms with Crippen molar-refractivity contribution < 1.29 is 10.2 Å². The number of rotatable bonds is 4. The van der Waals surface area contributed by atoms with E-state index in [-0.39, 0.29) is 6.61 Å². The first-order valence-corrected chi connectivity index (χ1v) is 5.46. The molecule has 0 bridgehead atoms. The maximum atomic E-state index is 9.18. The molecule has 0 saturated heterocycles. The average Bonchev–Trinajstić information content (AvgIpc) is 2.19. The standard InChI is InChI=1S/C11H15BrO2/c1-8-6-9(3-5-11(8)12)2-4-10(14)7-13/h3,5-6,10,13-14H,2,4,7H2,1H3. The first kappa shape index (κ1) is 11.7.